The van der Waals surface area contributed by atoms with Gasteiger partial charge < -0.3 is 11.1 Å². The molecule has 2 rings (SSSR count). The van der Waals surface area contributed by atoms with E-state index in [1.807, 2.05) is 30.3 Å². The second-order valence-corrected chi connectivity index (χ2v) is 5.59. The minimum absolute atomic E-state index is 0.164. The molecule has 0 heterocycles. The number of hydrogen-bond acceptors (Lipinski definition) is 2. The molecule has 0 bridgehead atoms. The number of carbonyl (C=O) groups excluding carboxylic acids is 1. The average molecular weight is 351 g/mol. The predicted octanol–water partition coefficient (Wildman–Crippen LogP) is 3.29. The third-order valence-corrected chi connectivity index (χ3v) is 3.89. The minimum atomic E-state index is -0.345. The average Bonchev–Trinajstić information content (AvgIpc) is 2.49. The topological polar surface area (TPSA) is 55.1 Å². The van der Waals surface area contributed by atoms with Crippen molar-refractivity contribution in [2.24, 2.45) is 5.73 Å². The van der Waals surface area contributed by atoms with Crippen molar-refractivity contribution in [3.05, 3.63) is 69.9 Å². The molecule has 0 aromatic heterocycles. The maximum atomic E-state index is 13.1. The van der Waals surface area contributed by atoms with Crippen molar-refractivity contribution in [3.8, 4) is 0 Å². The van der Waals surface area contributed by atoms with Gasteiger partial charge in [-0.05, 0) is 29.3 Å². The number of amides is 1. The molecule has 3 nitrogen and oxygen atoms in total. The van der Waals surface area contributed by atoms with Gasteiger partial charge in [0.15, 0.2) is 0 Å². The van der Waals surface area contributed by atoms with Crippen molar-refractivity contribution in [2.75, 3.05) is 0 Å². The van der Waals surface area contributed by atoms with E-state index in [9.17, 15) is 9.18 Å². The van der Waals surface area contributed by atoms with Crippen molar-refractivity contribution in [3.63, 3.8) is 0 Å². The van der Waals surface area contributed by atoms with Crippen LogP contribution in [0.1, 0.15) is 23.6 Å². The lowest BCUT2D eigenvalue weighted by Crippen LogP contribution is -2.27. The van der Waals surface area contributed by atoms with E-state index in [-0.39, 0.29) is 30.7 Å². The van der Waals surface area contributed by atoms with E-state index in [1.54, 1.807) is 6.07 Å². The van der Waals surface area contributed by atoms with Gasteiger partial charge in [-0.25, -0.2) is 4.39 Å². The molecule has 1 atom stereocenters. The van der Waals surface area contributed by atoms with Crippen LogP contribution in [0.15, 0.2) is 53.0 Å². The van der Waals surface area contributed by atoms with E-state index in [0.29, 0.717) is 5.56 Å². The van der Waals surface area contributed by atoms with Crippen molar-refractivity contribution in [2.45, 2.75) is 19.0 Å². The fourth-order valence-corrected chi connectivity index (χ4v) is 2.35. The Morgan fingerprint density at radius 1 is 1.24 bits per heavy atom. The summed E-state index contributed by atoms with van der Waals surface area (Å²) in [5.41, 5.74) is 7.60. The summed E-state index contributed by atoms with van der Waals surface area (Å²) in [5, 5.41) is 2.75. The van der Waals surface area contributed by atoms with Crippen LogP contribution in [0.4, 0.5) is 4.39 Å². The number of hydrogen-bond donors (Lipinski definition) is 2. The predicted molar refractivity (Wildman–Crippen MR) is 83.9 cm³/mol. The summed E-state index contributed by atoms with van der Waals surface area (Å²) in [5.74, 6) is -0.494. The van der Waals surface area contributed by atoms with E-state index in [1.165, 1.54) is 12.1 Å². The highest BCUT2D eigenvalue weighted by atomic mass is 79.9. The number of rotatable bonds is 5. The second kappa shape index (κ2) is 7.33. The Bertz CT molecular complexity index is 619. The van der Waals surface area contributed by atoms with Crippen LogP contribution in [0.3, 0.4) is 0 Å². The number of carbonyl (C=O) groups is 1. The van der Waals surface area contributed by atoms with Gasteiger partial charge in [-0.15, -0.1) is 0 Å². The van der Waals surface area contributed by atoms with Crippen molar-refractivity contribution < 1.29 is 9.18 Å². The lowest BCUT2D eigenvalue weighted by Gasteiger charge is -2.12. The summed E-state index contributed by atoms with van der Waals surface area (Å²) in [6.07, 6.45) is 0.191. The summed E-state index contributed by atoms with van der Waals surface area (Å²) in [6, 6.07) is 13.5. The SMILES string of the molecule is NC(CC(=O)NCc1cc(F)ccc1Br)c1ccccc1. The minimum Gasteiger partial charge on any atom is -0.352 e. The number of benzene rings is 2. The summed E-state index contributed by atoms with van der Waals surface area (Å²) < 4.78 is 13.9. The fraction of sp³-hybridized carbons (Fsp3) is 0.188. The van der Waals surface area contributed by atoms with Gasteiger partial charge in [-0.1, -0.05) is 46.3 Å². The van der Waals surface area contributed by atoms with E-state index in [4.69, 9.17) is 5.73 Å². The molecule has 1 unspecified atom stereocenters. The Kier molecular flexibility index (Phi) is 5.47. The summed E-state index contributed by atoms with van der Waals surface area (Å²) in [7, 11) is 0. The number of halogens is 2. The smallest absolute Gasteiger partial charge is 0.222 e. The summed E-state index contributed by atoms with van der Waals surface area (Å²) >= 11 is 3.33. The fourth-order valence-electron chi connectivity index (χ4n) is 1.96. The number of nitrogens with one attached hydrogen (secondary N) is 1. The molecule has 5 heteroatoms. The second-order valence-electron chi connectivity index (χ2n) is 4.73. The van der Waals surface area contributed by atoms with Gasteiger partial charge >= 0.3 is 0 Å². The van der Waals surface area contributed by atoms with Gasteiger partial charge in [0.1, 0.15) is 5.82 Å². The molecule has 0 saturated carbocycles. The Morgan fingerprint density at radius 2 is 1.95 bits per heavy atom. The first-order valence-corrected chi connectivity index (χ1v) is 7.36. The molecule has 21 heavy (non-hydrogen) atoms. The largest absolute Gasteiger partial charge is 0.352 e. The van der Waals surface area contributed by atoms with Crippen molar-refractivity contribution in [1.82, 2.24) is 5.32 Å². The van der Waals surface area contributed by atoms with E-state index < -0.39 is 0 Å². The normalized spacial score (nSPS) is 12.0. The Morgan fingerprint density at radius 3 is 2.67 bits per heavy atom. The lowest BCUT2D eigenvalue weighted by molar-refractivity contribution is -0.121. The quantitative estimate of drug-likeness (QED) is 0.869. The molecule has 0 fully saturated rings. The third-order valence-electron chi connectivity index (χ3n) is 3.12. The van der Waals surface area contributed by atoms with Crippen LogP contribution in [0.5, 0.6) is 0 Å². The maximum Gasteiger partial charge on any atom is 0.222 e. The van der Waals surface area contributed by atoms with Crippen LogP contribution < -0.4 is 11.1 Å². The molecule has 1 amide bonds. The van der Waals surface area contributed by atoms with E-state index in [2.05, 4.69) is 21.2 Å². The highest BCUT2D eigenvalue weighted by Crippen LogP contribution is 2.18. The van der Waals surface area contributed by atoms with Gasteiger partial charge in [0.2, 0.25) is 5.91 Å². The molecule has 2 aromatic rings. The van der Waals surface area contributed by atoms with Crippen LogP contribution in [0, 0.1) is 5.82 Å². The first-order chi connectivity index (χ1) is 10.1. The van der Waals surface area contributed by atoms with Crippen molar-refractivity contribution >= 4 is 21.8 Å². The maximum absolute atomic E-state index is 13.1. The van der Waals surface area contributed by atoms with E-state index >= 15 is 0 Å². The molecule has 2 aromatic carbocycles. The Hall–Kier alpha value is -1.72. The number of nitrogens with two attached hydrogens (primary N) is 1. The zero-order valence-corrected chi connectivity index (χ0v) is 12.9. The molecule has 0 radical (unpaired) electrons. The molecular formula is C16H16BrFN2O. The van der Waals surface area contributed by atoms with Gasteiger partial charge in [0.05, 0.1) is 0 Å². The Labute approximate surface area is 131 Å². The monoisotopic (exact) mass is 350 g/mol. The molecule has 0 aliphatic heterocycles. The zero-order valence-electron chi connectivity index (χ0n) is 11.4. The van der Waals surface area contributed by atoms with Crippen LogP contribution in [0.2, 0.25) is 0 Å². The van der Waals surface area contributed by atoms with Gasteiger partial charge in [0.25, 0.3) is 0 Å². The molecular weight excluding hydrogens is 335 g/mol. The Balaban J connectivity index is 1.89. The molecule has 0 aliphatic carbocycles. The molecule has 110 valence electrons. The van der Waals surface area contributed by atoms with Crippen LogP contribution >= 0.6 is 15.9 Å². The summed E-state index contributed by atoms with van der Waals surface area (Å²) in [6.45, 7) is 0.263. The summed E-state index contributed by atoms with van der Waals surface area (Å²) in [4.78, 5) is 11.9. The van der Waals surface area contributed by atoms with Gasteiger partial charge in [-0.3, -0.25) is 4.79 Å². The van der Waals surface area contributed by atoms with Crippen LogP contribution in [-0.4, -0.2) is 5.91 Å². The first kappa shape index (κ1) is 15.7. The van der Waals surface area contributed by atoms with E-state index in [0.717, 1.165) is 10.0 Å². The van der Waals surface area contributed by atoms with Gasteiger partial charge in [-0.2, -0.15) is 0 Å². The first-order valence-electron chi connectivity index (χ1n) is 6.57. The molecule has 0 aliphatic rings. The zero-order chi connectivity index (χ0) is 15.2. The van der Waals surface area contributed by atoms with Crippen LogP contribution in [0.25, 0.3) is 0 Å². The molecule has 0 spiro atoms. The standard InChI is InChI=1S/C16H16BrFN2O/c17-14-7-6-13(18)8-12(14)10-20-16(21)9-15(19)11-4-2-1-3-5-11/h1-8,15H,9-10,19H2,(H,20,21). The van der Waals surface area contributed by atoms with Crippen molar-refractivity contribution in [1.29, 1.82) is 0 Å². The van der Waals surface area contributed by atoms with Crippen LogP contribution in [-0.2, 0) is 11.3 Å². The molecule has 3 N–H and O–H groups in total. The highest BCUT2D eigenvalue weighted by molar-refractivity contribution is 9.10. The highest BCUT2D eigenvalue weighted by Gasteiger charge is 2.11. The molecule has 0 saturated heterocycles. The van der Waals surface area contributed by atoms with Gasteiger partial charge in [0, 0.05) is 23.5 Å². The lowest BCUT2D eigenvalue weighted by atomic mass is 10.0. The third kappa shape index (κ3) is 4.65.